The van der Waals surface area contributed by atoms with Gasteiger partial charge in [0.15, 0.2) is 0 Å². The van der Waals surface area contributed by atoms with Gasteiger partial charge in [-0.25, -0.2) is 0 Å². The second-order valence-corrected chi connectivity index (χ2v) is 23.4. The molecule has 0 aliphatic carbocycles. The van der Waals surface area contributed by atoms with Crippen molar-refractivity contribution >= 4 is 70.9 Å². The molecule has 0 radical (unpaired) electrons. The Morgan fingerprint density at radius 3 is 1.73 bits per heavy atom. The van der Waals surface area contributed by atoms with Crippen LogP contribution >= 0.6 is 0 Å². The summed E-state index contributed by atoms with van der Waals surface area (Å²) in [5.41, 5.74) is 17.0. The molecule has 0 aliphatic rings. The van der Waals surface area contributed by atoms with E-state index in [4.69, 9.17) is 9.72 Å². The maximum atomic E-state index is 10.3. The van der Waals surface area contributed by atoms with E-state index in [0.717, 1.165) is 125 Å². The number of fused-ring (bicyclic) bond motifs is 10. The van der Waals surface area contributed by atoms with Crippen molar-refractivity contribution < 1.29 is 24.1 Å². The number of hydrogen-bond donors (Lipinski definition) is 0. The van der Waals surface area contributed by atoms with Crippen LogP contribution < -0.4 is 4.74 Å². The summed E-state index contributed by atoms with van der Waals surface area (Å²) in [6.45, 7) is 13.5. The number of hydrogen-bond acceptors (Lipinski definition) is 3. The predicted octanol–water partition coefficient (Wildman–Crippen LogP) is 17.7. The molecule has 0 fully saturated rings. The van der Waals surface area contributed by atoms with Crippen LogP contribution in [-0.2, 0) is 30.2 Å². The molecule has 14 rings (SSSR count). The van der Waals surface area contributed by atoms with Gasteiger partial charge in [-0.3, -0.25) is 0 Å². The van der Waals surface area contributed by atoms with E-state index in [-0.39, 0.29) is 10.8 Å². The van der Waals surface area contributed by atoms with Crippen molar-refractivity contribution in [3.8, 4) is 57.0 Å². The van der Waals surface area contributed by atoms with E-state index in [9.17, 15) is 5.26 Å². The number of pyridine rings is 1. The Balaban J connectivity index is 0.976. The molecule has 5 aromatic heterocycles. The van der Waals surface area contributed by atoms with Gasteiger partial charge in [0.1, 0.15) is 0 Å². The van der Waals surface area contributed by atoms with E-state index in [2.05, 4.69) is 279 Å². The Bertz CT molecular complexity index is 4770. The molecule has 0 saturated carbocycles. The standard InChI is InChI=1S/C69H52N6O.Pt/c1-68(2,3)46-30-31-71-65(36-46)74-62-38-49(28-29-54(62)55-39-56-58-33-43(41-70)32-57-53-22-13-14-25-59(53)75(67(57)58)64(56)40-63(55)74)76-50-35-47(69(4,5)6)34-48(37-50)72-42-73(61-27-16-15-26-60(61)72)66-51(44-18-9-7-10-19-44)23-17-24-52(66)45-20-11-8-12-21-45;/h7-40H,1-6H3;. The number of nitrogens with zero attached hydrogens (tertiary/aromatic N) is 6. The van der Waals surface area contributed by atoms with Crippen LogP contribution in [0.5, 0.6) is 11.5 Å². The SMILES string of the molecule is CC(C)(C)c1cc(Oc2ccc3c4cc5c6cc(C#N)cc7c8ccccc8n(c5cc4n(-c4cc(C(C)(C)C)ccn4)c3c2)c76)cc(-n2[c](=[Pt])n(-c3c(-c4ccccc4)cccc3-c3ccccc3)c3ccccc32)c1. The molecule has 0 aliphatic heterocycles. The van der Waals surface area contributed by atoms with E-state index >= 15 is 0 Å². The number of aromatic nitrogens is 5. The van der Waals surface area contributed by atoms with Crippen LogP contribution in [0.2, 0.25) is 0 Å². The van der Waals surface area contributed by atoms with Crippen LogP contribution in [0, 0.1) is 15.1 Å². The van der Waals surface area contributed by atoms with Crippen LogP contribution in [0.1, 0.15) is 58.2 Å². The second-order valence-electron chi connectivity index (χ2n) is 22.3. The van der Waals surface area contributed by atoms with Crippen LogP contribution in [0.3, 0.4) is 0 Å². The van der Waals surface area contributed by atoms with Crippen molar-refractivity contribution in [3.63, 3.8) is 0 Å². The predicted molar refractivity (Wildman–Crippen MR) is 312 cm³/mol. The third kappa shape index (κ3) is 7.42. The van der Waals surface area contributed by atoms with E-state index in [0.29, 0.717) is 11.3 Å². The van der Waals surface area contributed by atoms with Gasteiger partial charge in [0, 0.05) is 27.7 Å². The minimum absolute atomic E-state index is 0.102. The number of rotatable bonds is 7. The van der Waals surface area contributed by atoms with Crippen molar-refractivity contribution in [1.82, 2.24) is 23.1 Å². The quantitative estimate of drug-likeness (QED) is 0.160. The number of benzene rings is 9. The fourth-order valence-electron chi connectivity index (χ4n) is 11.8. The first-order valence-corrected chi connectivity index (χ1v) is 27.3. The van der Waals surface area contributed by atoms with Crippen molar-refractivity contribution in [2.45, 2.75) is 52.4 Å². The van der Waals surface area contributed by atoms with Crippen molar-refractivity contribution in [2.75, 3.05) is 0 Å². The van der Waals surface area contributed by atoms with E-state index in [1.807, 2.05) is 12.3 Å². The van der Waals surface area contributed by atoms with E-state index in [1.54, 1.807) is 0 Å². The molecule has 0 atom stereocenters. The van der Waals surface area contributed by atoms with Gasteiger partial charge >= 0.3 is 320 Å². The summed E-state index contributed by atoms with van der Waals surface area (Å²) in [5.74, 6) is 2.29. The van der Waals surface area contributed by atoms with Gasteiger partial charge in [-0.15, -0.1) is 0 Å². The summed E-state index contributed by atoms with van der Waals surface area (Å²) in [6, 6.07) is 74.0. The minimum atomic E-state index is -0.206. The van der Waals surface area contributed by atoms with Gasteiger partial charge in [-0.1, -0.05) is 39.0 Å². The fraction of sp³-hybridized carbons (Fsp3) is 0.116. The zero-order valence-corrected chi connectivity index (χ0v) is 45.8. The average Bonchev–Trinajstić information content (AvgIpc) is 4.30. The summed E-state index contributed by atoms with van der Waals surface area (Å²) < 4.78 is 17.7. The molecule has 9 aromatic carbocycles. The summed E-state index contributed by atoms with van der Waals surface area (Å²) >= 11 is 2.53. The van der Waals surface area contributed by atoms with Crippen molar-refractivity contribution in [2.24, 2.45) is 0 Å². The van der Waals surface area contributed by atoms with Crippen LogP contribution in [0.4, 0.5) is 0 Å². The summed E-state index contributed by atoms with van der Waals surface area (Å²) in [4.78, 5) is 5.10. The molecule has 0 saturated heterocycles. The Labute approximate surface area is 456 Å². The normalized spacial score (nSPS) is 12.4. The van der Waals surface area contributed by atoms with Crippen molar-refractivity contribution in [1.29, 1.82) is 5.26 Å². The molecule has 0 N–H and O–H groups in total. The molecule has 0 spiro atoms. The Kier molecular flexibility index (Phi) is 10.5. The number of ether oxygens (including phenoxy) is 1. The Morgan fingerprint density at radius 2 is 1.05 bits per heavy atom. The van der Waals surface area contributed by atoms with Gasteiger partial charge in [-0.05, 0) is 35.2 Å². The van der Waals surface area contributed by atoms with Gasteiger partial charge < -0.3 is 4.40 Å². The van der Waals surface area contributed by atoms with Gasteiger partial charge in [0.2, 0.25) is 0 Å². The van der Waals surface area contributed by atoms with Crippen LogP contribution in [0.15, 0.2) is 206 Å². The first-order chi connectivity index (χ1) is 37.3. The maximum absolute atomic E-state index is 10.3. The molecule has 5 heterocycles. The first-order valence-electron chi connectivity index (χ1n) is 26.2. The summed E-state index contributed by atoms with van der Waals surface area (Å²) in [6.07, 6.45) is 1.93. The molecule has 14 aromatic rings. The number of para-hydroxylation sites is 4. The molecule has 374 valence electrons. The molecule has 77 heavy (non-hydrogen) atoms. The van der Waals surface area contributed by atoms with E-state index in [1.165, 1.54) is 5.56 Å². The summed E-state index contributed by atoms with van der Waals surface area (Å²) in [5, 5.41) is 16.9. The average molecular weight is 1180 g/mol. The van der Waals surface area contributed by atoms with Crippen LogP contribution in [0.25, 0.3) is 110 Å². The molecular weight excluding hydrogens is 1120 g/mol. The molecule has 0 unspecified atom stereocenters. The third-order valence-electron chi connectivity index (χ3n) is 15.5. The second kappa shape index (κ2) is 17.4. The molecule has 7 nitrogen and oxygen atoms in total. The van der Waals surface area contributed by atoms with Gasteiger partial charge in [0.05, 0.1) is 28.2 Å². The monoisotopic (exact) mass is 1180 g/mol. The Hall–Kier alpha value is -8.82. The zero-order chi connectivity index (χ0) is 52.5. The third-order valence-corrected chi connectivity index (χ3v) is 16.5. The zero-order valence-electron chi connectivity index (χ0n) is 43.5. The molecular formula is C69H52N6OPt. The molecule has 0 bridgehead atoms. The van der Waals surface area contributed by atoms with E-state index < -0.39 is 0 Å². The first kappa shape index (κ1) is 46.7. The topological polar surface area (TPSA) is 65.1 Å². The molecule has 8 heteroatoms. The van der Waals surface area contributed by atoms with Gasteiger partial charge in [0.25, 0.3) is 0 Å². The van der Waals surface area contributed by atoms with Crippen LogP contribution in [-0.4, -0.2) is 23.1 Å². The number of nitriles is 1. The Morgan fingerprint density at radius 1 is 0.455 bits per heavy atom. The fourth-order valence-corrected chi connectivity index (χ4v) is 12.9. The molecule has 0 amide bonds. The van der Waals surface area contributed by atoms with Crippen molar-refractivity contribution in [3.05, 3.63) is 227 Å². The number of imidazole rings is 1. The summed E-state index contributed by atoms with van der Waals surface area (Å²) in [7, 11) is 0. The van der Waals surface area contributed by atoms with Gasteiger partial charge in [-0.2, -0.15) is 5.26 Å².